The van der Waals surface area contributed by atoms with E-state index in [1.165, 1.54) is 5.56 Å². The highest BCUT2D eigenvalue weighted by Crippen LogP contribution is 2.35. The third-order valence-corrected chi connectivity index (χ3v) is 4.06. The van der Waals surface area contributed by atoms with Crippen LogP contribution in [0, 0.1) is 0 Å². The summed E-state index contributed by atoms with van der Waals surface area (Å²) < 4.78 is 11.1. The molecule has 1 aliphatic rings. The molecule has 0 atom stereocenters. The number of rotatable bonds is 2. The summed E-state index contributed by atoms with van der Waals surface area (Å²) >= 11 is 3.53. The molecule has 0 N–H and O–H groups in total. The first-order valence-electron chi connectivity index (χ1n) is 5.09. The third kappa shape index (κ3) is 2.12. The number of alkyl halides is 1. The largest absolute Gasteiger partial charge is 0.486 e. The Morgan fingerprint density at radius 3 is 2.53 bits per heavy atom. The Kier molecular flexibility index (Phi) is 2.91. The normalized spacial score (nSPS) is 15.1. The molecule has 0 saturated carbocycles. The van der Waals surface area contributed by atoms with Crippen molar-refractivity contribution in [2.75, 3.05) is 18.5 Å². The first-order chi connectivity index (χ1) is 7.13. The van der Waals surface area contributed by atoms with Crippen molar-refractivity contribution in [3.63, 3.8) is 0 Å². The molecule has 0 radical (unpaired) electrons. The lowest BCUT2D eigenvalue weighted by Crippen LogP contribution is -2.20. The summed E-state index contributed by atoms with van der Waals surface area (Å²) in [7, 11) is 0. The van der Waals surface area contributed by atoms with Gasteiger partial charge in [-0.25, -0.2) is 0 Å². The van der Waals surface area contributed by atoms with Crippen molar-refractivity contribution in [1.29, 1.82) is 0 Å². The monoisotopic (exact) mass is 270 g/mol. The Morgan fingerprint density at radius 1 is 1.20 bits per heavy atom. The summed E-state index contributed by atoms with van der Waals surface area (Å²) in [4.78, 5) is 0. The molecule has 0 amide bonds. The lowest BCUT2D eigenvalue weighted by molar-refractivity contribution is 0.171. The molecule has 1 aromatic carbocycles. The lowest BCUT2D eigenvalue weighted by atomic mass is 9.87. The molecule has 1 aliphatic heterocycles. The predicted octanol–water partition coefficient (Wildman–Crippen LogP) is 3.13. The van der Waals surface area contributed by atoms with Crippen molar-refractivity contribution in [3.05, 3.63) is 23.8 Å². The number of benzene rings is 1. The van der Waals surface area contributed by atoms with E-state index < -0.39 is 0 Å². The fourth-order valence-electron chi connectivity index (χ4n) is 1.54. The molecule has 82 valence electrons. The van der Waals surface area contributed by atoms with E-state index in [2.05, 4.69) is 41.9 Å². The van der Waals surface area contributed by atoms with Crippen molar-refractivity contribution < 1.29 is 9.47 Å². The highest BCUT2D eigenvalue weighted by atomic mass is 79.9. The number of halogens is 1. The molecular weight excluding hydrogens is 256 g/mol. The SMILES string of the molecule is CC(C)(CBr)c1ccc2c(c1)OCCO2. The van der Waals surface area contributed by atoms with Gasteiger partial charge >= 0.3 is 0 Å². The Morgan fingerprint density at radius 2 is 1.87 bits per heavy atom. The van der Waals surface area contributed by atoms with Gasteiger partial charge in [0.05, 0.1) is 0 Å². The first-order valence-corrected chi connectivity index (χ1v) is 6.22. The highest BCUT2D eigenvalue weighted by molar-refractivity contribution is 9.09. The Labute approximate surface area is 98.7 Å². The second kappa shape index (κ2) is 4.05. The molecule has 1 heterocycles. The maximum absolute atomic E-state index is 5.56. The quantitative estimate of drug-likeness (QED) is 0.769. The van der Waals surface area contributed by atoms with E-state index in [0.717, 1.165) is 16.8 Å². The van der Waals surface area contributed by atoms with Crippen LogP contribution < -0.4 is 9.47 Å². The van der Waals surface area contributed by atoms with Crippen LogP contribution in [0.5, 0.6) is 11.5 Å². The van der Waals surface area contributed by atoms with Crippen LogP contribution in [-0.2, 0) is 5.41 Å². The smallest absolute Gasteiger partial charge is 0.161 e. The van der Waals surface area contributed by atoms with E-state index in [0.29, 0.717) is 13.2 Å². The maximum atomic E-state index is 5.56. The van der Waals surface area contributed by atoms with Gasteiger partial charge in [0.15, 0.2) is 11.5 Å². The van der Waals surface area contributed by atoms with Crippen molar-refractivity contribution in [1.82, 2.24) is 0 Å². The second-order valence-electron chi connectivity index (χ2n) is 4.38. The van der Waals surface area contributed by atoms with Gasteiger partial charge in [0.2, 0.25) is 0 Å². The van der Waals surface area contributed by atoms with Gasteiger partial charge in [-0.1, -0.05) is 35.8 Å². The second-order valence-corrected chi connectivity index (χ2v) is 4.94. The van der Waals surface area contributed by atoms with Crippen LogP contribution in [-0.4, -0.2) is 18.5 Å². The van der Waals surface area contributed by atoms with Crippen LogP contribution in [0.2, 0.25) is 0 Å². The van der Waals surface area contributed by atoms with Crippen LogP contribution in [0.25, 0.3) is 0 Å². The van der Waals surface area contributed by atoms with Crippen LogP contribution in [0.1, 0.15) is 19.4 Å². The Bertz CT molecular complexity index is 361. The van der Waals surface area contributed by atoms with Crippen molar-refractivity contribution in [2.45, 2.75) is 19.3 Å². The molecule has 15 heavy (non-hydrogen) atoms. The number of hydrogen-bond donors (Lipinski definition) is 0. The van der Waals surface area contributed by atoms with Gasteiger partial charge in [0.1, 0.15) is 13.2 Å². The van der Waals surface area contributed by atoms with Gasteiger partial charge in [-0.3, -0.25) is 0 Å². The molecule has 0 bridgehead atoms. The van der Waals surface area contributed by atoms with Gasteiger partial charge in [-0.15, -0.1) is 0 Å². The minimum absolute atomic E-state index is 0.121. The van der Waals surface area contributed by atoms with Gasteiger partial charge in [-0.05, 0) is 23.1 Å². The van der Waals surface area contributed by atoms with Crippen molar-refractivity contribution >= 4 is 15.9 Å². The standard InChI is InChI=1S/C12H15BrO2/c1-12(2,8-13)9-3-4-10-11(7-9)15-6-5-14-10/h3-4,7H,5-6,8H2,1-2H3. The zero-order valence-corrected chi connectivity index (χ0v) is 10.6. The lowest BCUT2D eigenvalue weighted by Gasteiger charge is -2.25. The number of fused-ring (bicyclic) bond motifs is 1. The Hall–Kier alpha value is -0.700. The summed E-state index contributed by atoms with van der Waals surface area (Å²) in [6.45, 7) is 5.69. The van der Waals surface area contributed by atoms with Gasteiger partial charge in [0, 0.05) is 5.33 Å². The zero-order chi connectivity index (χ0) is 10.9. The minimum Gasteiger partial charge on any atom is -0.486 e. The summed E-state index contributed by atoms with van der Waals surface area (Å²) in [6.07, 6.45) is 0. The molecule has 0 aromatic heterocycles. The van der Waals surface area contributed by atoms with E-state index in [-0.39, 0.29) is 5.41 Å². The molecule has 2 rings (SSSR count). The zero-order valence-electron chi connectivity index (χ0n) is 9.05. The maximum Gasteiger partial charge on any atom is 0.161 e. The van der Waals surface area contributed by atoms with Crippen LogP contribution in [0.15, 0.2) is 18.2 Å². The topological polar surface area (TPSA) is 18.5 Å². The molecule has 0 aliphatic carbocycles. The van der Waals surface area contributed by atoms with Gasteiger partial charge < -0.3 is 9.47 Å². The van der Waals surface area contributed by atoms with Crippen molar-refractivity contribution in [2.24, 2.45) is 0 Å². The first kappa shape index (κ1) is 10.8. The molecule has 0 fully saturated rings. The summed E-state index contributed by atoms with van der Waals surface area (Å²) in [6, 6.07) is 6.18. The van der Waals surface area contributed by atoms with Crippen LogP contribution >= 0.6 is 15.9 Å². The average molecular weight is 271 g/mol. The number of hydrogen-bond acceptors (Lipinski definition) is 2. The predicted molar refractivity (Wildman–Crippen MR) is 64.3 cm³/mol. The highest BCUT2D eigenvalue weighted by Gasteiger charge is 2.21. The molecule has 0 saturated heterocycles. The summed E-state index contributed by atoms with van der Waals surface area (Å²) in [5, 5.41) is 0.930. The van der Waals surface area contributed by atoms with Crippen molar-refractivity contribution in [3.8, 4) is 11.5 Å². The minimum atomic E-state index is 0.121. The van der Waals surface area contributed by atoms with Crippen LogP contribution in [0.4, 0.5) is 0 Å². The van der Waals surface area contributed by atoms with E-state index in [9.17, 15) is 0 Å². The van der Waals surface area contributed by atoms with E-state index in [1.807, 2.05) is 6.07 Å². The summed E-state index contributed by atoms with van der Waals surface area (Å²) in [5.74, 6) is 1.73. The fraction of sp³-hybridized carbons (Fsp3) is 0.500. The Balaban J connectivity index is 2.36. The molecule has 3 heteroatoms. The molecule has 0 unspecified atom stereocenters. The molecule has 2 nitrogen and oxygen atoms in total. The summed E-state index contributed by atoms with van der Waals surface area (Å²) in [5.41, 5.74) is 1.39. The molecule has 0 spiro atoms. The average Bonchev–Trinajstić information content (AvgIpc) is 2.28. The van der Waals surface area contributed by atoms with E-state index in [1.54, 1.807) is 0 Å². The van der Waals surface area contributed by atoms with Gasteiger partial charge in [-0.2, -0.15) is 0 Å². The van der Waals surface area contributed by atoms with Gasteiger partial charge in [0.25, 0.3) is 0 Å². The third-order valence-electron chi connectivity index (χ3n) is 2.66. The van der Waals surface area contributed by atoms with Crippen LogP contribution in [0.3, 0.4) is 0 Å². The molecule has 1 aromatic rings. The fourth-order valence-corrected chi connectivity index (χ4v) is 1.87. The molecular formula is C12H15BrO2. The number of ether oxygens (including phenoxy) is 2. The van der Waals surface area contributed by atoms with E-state index >= 15 is 0 Å². The van der Waals surface area contributed by atoms with E-state index in [4.69, 9.17) is 9.47 Å².